The average molecular weight is 437 g/mol. The van der Waals surface area contributed by atoms with E-state index in [-0.39, 0.29) is 17.5 Å². The van der Waals surface area contributed by atoms with Gasteiger partial charge in [-0.2, -0.15) is 0 Å². The normalized spacial score (nSPS) is 15.3. The number of hydrogen-bond acceptors (Lipinski definition) is 5. The Balaban J connectivity index is 0.00000176. The first kappa shape index (κ1) is 24.8. The third-order valence-corrected chi connectivity index (χ3v) is 5.36. The molecule has 1 aliphatic rings. The maximum atomic E-state index is 13.0. The number of hydrogen-bond donors (Lipinski definition) is 1. The predicted molar refractivity (Wildman–Crippen MR) is 127 cm³/mol. The first-order valence-electron chi connectivity index (χ1n) is 10.9. The van der Waals surface area contributed by atoms with Gasteiger partial charge in [0.2, 0.25) is 0 Å². The third kappa shape index (κ3) is 5.22. The van der Waals surface area contributed by atoms with Gasteiger partial charge in [-0.05, 0) is 37.6 Å². The summed E-state index contributed by atoms with van der Waals surface area (Å²) in [5, 5.41) is 2.94. The Morgan fingerprint density at radius 3 is 2.34 bits per heavy atom. The molecule has 1 fully saturated rings. The number of piperazine rings is 1. The van der Waals surface area contributed by atoms with E-state index >= 15 is 0 Å². The molecule has 1 saturated heterocycles. The number of nitrogens with zero attached hydrogens (tertiary/aromatic N) is 3. The summed E-state index contributed by atoms with van der Waals surface area (Å²) in [5.41, 5.74) is 2.08. The number of nitrogens with one attached hydrogen (secondary N) is 1. The van der Waals surface area contributed by atoms with Gasteiger partial charge in [-0.15, -0.1) is 0 Å². The van der Waals surface area contributed by atoms with Crippen LogP contribution in [0.4, 0.5) is 5.82 Å². The van der Waals surface area contributed by atoms with Crippen LogP contribution in [0.25, 0.3) is 5.57 Å². The number of carbonyl (C=O) groups is 3. The van der Waals surface area contributed by atoms with Crippen molar-refractivity contribution in [1.82, 2.24) is 14.8 Å². The van der Waals surface area contributed by atoms with Crippen LogP contribution in [0.5, 0.6) is 0 Å². The zero-order valence-electron chi connectivity index (χ0n) is 19.5. The molecule has 7 heteroatoms. The lowest BCUT2D eigenvalue weighted by Gasteiger charge is -2.39. The molecule has 2 heterocycles. The first-order chi connectivity index (χ1) is 15.3. The van der Waals surface area contributed by atoms with Gasteiger partial charge in [0.05, 0.1) is 0 Å². The van der Waals surface area contributed by atoms with Gasteiger partial charge in [0.25, 0.3) is 17.6 Å². The molecule has 0 bridgehead atoms. The molecule has 0 radical (unpaired) electrons. The topological polar surface area (TPSA) is 82.6 Å². The van der Waals surface area contributed by atoms with Crippen LogP contribution in [0.2, 0.25) is 0 Å². The SMILES string of the molecule is C=C(C(=O)C(=O)N1CCN(C(=O)c2ccccc2)C[C@H]1C)c1c(C)ccnc1NC.CC. The Morgan fingerprint density at radius 1 is 1.09 bits per heavy atom. The summed E-state index contributed by atoms with van der Waals surface area (Å²) >= 11 is 0. The van der Waals surface area contributed by atoms with Crippen molar-refractivity contribution in [3.8, 4) is 0 Å². The second-order valence-corrected chi connectivity index (χ2v) is 7.37. The van der Waals surface area contributed by atoms with E-state index in [0.717, 1.165) is 5.56 Å². The summed E-state index contributed by atoms with van der Waals surface area (Å²) < 4.78 is 0. The largest absolute Gasteiger partial charge is 0.373 e. The molecule has 0 unspecified atom stereocenters. The van der Waals surface area contributed by atoms with Crippen LogP contribution in [0.1, 0.15) is 42.3 Å². The Bertz CT molecular complexity index is 988. The molecule has 170 valence electrons. The molecule has 0 aliphatic carbocycles. The highest BCUT2D eigenvalue weighted by Gasteiger charge is 2.34. The van der Waals surface area contributed by atoms with E-state index in [1.807, 2.05) is 45.9 Å². The Morgan fingerprint density at radius 2 is 1.75 bits per heavy atom. The quantitative estimate of drug-likeness (QED) is 0.574. The molecule has 1 aromatic heterocycles. The van der Waals surface area contributed by atoms with Gasteiger partial charge in [-0.1, -0.05) is 38.6 Å². The summed E-state index contributed by atoms with van der Waals surface area (Å²) in [6.45, 7) is 12.6. The highest BCUT2D eigenvalue weighted by Crippen LogP contribution is 2.26. The number of aromatic nitrogens is 1. The standard InChI is InChI=1S/C23H26N4O3.C2H6/c1-15-10-11-25-21(24-4)19(15)17(3)20(28)23(30)27-13-12-26(14-16(27)2)22(29)18-8-6-5-7-9-18;1-2/h5-11,16H,3,12-14H2,1-2,4H3,(H,24,25);1-2H3/t16-;/m1./s1. The number of aryl methyl sites for hydroxylation is 1. The van der Waals surface area contributed by atoms with Gasteiger partial charge in [0.1, 0.15) is 5.82 Å². The highest BCUT2D eigenvalue weighted by atomic mass is 16.2. The number of pyridine rings is 1. The zero-order chi connectivity index (χ0) is 23.8. The lowest BCUT2D eigenvalue weighted by atomic mass is 9.98. The van der Waals surface area contributed by atoms with Gasteiger partial charge in [0.15, 0.2) is 0 Å². The predicted octanol–water partition coefficient (Wildman–Crippen LogP) is 3.41. The minimum atomic E-state index is -0.655. The van der Waals surface area contributed by atoms with Gasteiger partial charge in [-0.3, -0.25) is 14.4 Å². The molecular formula is C25H32N4O3. The van der Waals surface area contributed by atoms with E-state index in [4.69, 9.17) is 0 Å². The molecular weight excluding hydrogens is 404 g/mol. The Kier molecular flexibility index (Phi) is 8.70. The monoisotopic (exact) mass is 436 g/mol. The molecule has 7 nitrogen and oxygen atoms in total. The fourth-order valence-electron chi connectivity index (χ4n) is 3.71. The number of anilines is 1. The van der Waals surface area contributed by atoms with Gasteiger partial charge in [-0.25, -0.2) is 4.98 Å². The molecule has 1 aliphatic heterocycles. The third-order valence-electron chi connectivity index (χ3n) is 5.36. The van der Waals surface area contributed by atoms with Crippen molar-refractivity contribution in [1.29, 1.82) is 0 Å². The van der Waals surface area contributed by atoms with Crippen molar-refractivity contribution >= 4 is 29.0 Å². The average Bonchev–Trinajstić information content (AvgIpc) is 2.83. The number of Topliss-reactive ketones (excluding diaryl/α,β-unsaturated/α-hetero) is 1. The van der Waals surface area contributed by atoms with Crippen molar-refractivity contribution in [3.63, 3.8) is 0 Å². The van der Waals surface area contributed by atoms with Gasteiger partial charge < -0.3 is 15.1 Å². The van der Waals surface area contributed by atoms with Crippen molar-refractivity contribution in [3.05, 3.63) is 65.9 Å². The number of ketones is 1. The van der Waals surface area contributed by atoms with E-state index in [1.165, 1.54) is 4.90 Å². The Hall–Kier alpha value is -3.48. The molecule has 1 atom stereocenters. The number of carbonyl (C=O) groups excluding carboxylic acids is 3. The van der Waals surface area contributed by atoms with Crippen LogP contribution in [0, 0.1) is 6.92 Å². The first-order valence-corrected chi connectivity index (χ1v) is 10.9. The fourth-order valence-corrected chi connectivity index (χ4v) is 3.71. The summed E-state index contributed by atoms with van der Waals surface area (Å²) in [7, 11) is 1.70. The molecule has 32 heavy (non-hydrogen) atoms. The van der Waals surface area contributed by atoms with Crippen molar-refractivity contribution in [2.24, 2.45) is 0 Å². The van der Waals surface area contributed by atoms with E-state index in [2.05, 4.69) is 16.9 Å². The molecule has 0 spiro atoms. The highest BCUT2D eigenvalue weighted by molar-refractivity contribution is 6.53. The molecule has 1 N–H and O–H groups in total. The zero-order valence-corrected chi connectivity index (χ0v) is 19.5. The fraction of sp³-hybridized carbons (Fsp3) is 0.360. The summed E-state index contributed by atoms with van der Waals surface area (Å²) in [6, 6.07) is 10.5. The van der Waals surface area contributed by atoms with Crippen LogP contribution >= 0.6 is 0 Å². The van der Waals surface area contributed by atoms with Crippen LogP contribution in [-0.2, 0) is 9.59 Å². The molecule has 2 amide bonds. The second-order valence-electron chi connectivity index (χ2n) is 7.37. The maximum Gasteiger partial charge on any atom is 0.295 e. The van der Waals surface area contributed by atoms with E-state index < -0.39 is 11.7 Å². The van der Waals surface area contributed by atoms with E-state index in [0.29, 0.717) is 36.6 Å². The van der Waals surface area contributed by atoms with Crippen molar-refractivity contribution in [2.45, 2.75) is 33.7 Å². The van der Waals surface area contributed by atoms with Crippen LogP contribution in [-0.4, -0.2) is 65.1 Å². The number of benzene rings is 1. The van der Waals surface area contributed by atoms with Crippen molar-refractivity contribution < 1.29 is 14.4 Å². The maximum absolute atomic E-state index is 13.0. The molecule has 3 rings (SSSR count). The van der Waals surface area contributed by atoms with Crippen LogP contribution < -0.4 is 5.32 Å². The van der Waals surface area contributed by atoms with Gasteiger partial charge in [0, 0.05) is 55.6 Å². The minimum Gasteiger partial charge on any atom is -0.373 e. The van der Waals surface area contributed by atoms with Crippen LogP contribution in [0.15, 0.2) is 49.2 Å². The lowest BCUT2D eigenvalue weighted by molar-refractivity contribution is -0.144. The number of rotatable bonds is 5. The second kappa shape index (κ2) is 11.2. The smallest absolute Gasteiger partial charge is 0.295 e. The van der Waals surface area contributed by atoms with E-state index in [1.54, 1.807) is 36.3 Å². The van der Waals surface area contributed by atoms with Crippen molar-refractivity contribution in [2.75, 3.05) is 32.0 Å². The van der Waals surface area contributed by atoms with Crippen LogP contribution in [0.3, 0.4) is 0 Å². The summed E-state index contributed by atoms with van der Waals surface area (Å²) in [6.07, 6.45) is 1.63. The Labute approximate surface area is 190 Å². The van der Waals surface area contributed by atoms with Gasteiger partial charge >= 0.3 is 0 Å². The lowest BCUT2D eigenvalue weighted by Crippen LogP contribution is -2.56. The molecule has 0 saturated carbocycles. The minimum absolute atomic E-state index is 0.0741. The van der Waals surface area contributed by atoms with E-state index in [9.17, 15) is 14.4 Å². The molecule has 2 aromatic rings. The number of amides is 2. The summed E-state index contributed by atoms with van der Waals surface area (Å²) in [5.74, 6) is -0.829. The summed E-state index contributed by atoms with van der Waals surface area (Å²) in [4.78, 5) is 46.0. The molecule has 1 aromatic carbocycles.